The Morgan fingerprint density at radius 1 is 1.22 bits per heavy atom. The standard InChI is InChI=1S/C20H23N3O2.C2H6/c1-3-5-14(4-2)20-18(13-23(21-20)10-11-24)16-6-8-17-15(12-16)7-9-19(17)22-25;1-2/h3-6,8,12-13,24-25H,7,9-11H2,1-2H3;1-2H3/b5-3-,14-4+,22-19+;. The van der Waals surface area contributed by atoms with Crippen molar-refractivity contribution in [1.29, 1.82) is 0 Å². The molecule has 0 aliphatic heterocycles. The minimum absolute atomic E-state index is 0.0515. The van der Waals surface area contributed by atoms with Gasteiger partial charge in [-0.1, -0.05) is 55.4 Å². The molecule has 5 heteroatoms. The van der Waals surface area contributed by atoms with Crippen LogP contribution in [0.4, 0.5) is 0 Å². The number of allylic oxidation sites excluding steroid dienone is 4. The number of benzene rings is 1. The second kappa shape index (κ2) is 9.88. The summed E-state index contributed by atoms with van der Waals surface area (Å²) in [5, 5.41) is 26.4. The predicted molar refractivity (Wildman–Crippen MR) is 111 cm³/mol. The van der Waals surface area contributed by atoms with Crippen LogP contribution in [0.1, 0.15) is 50.9 Å². The summed E-state index contributed by atoms with van der Waals surface area (Å²) in [4.78, 5) is 0. The van der Waals surface area contributed by atoms with Crippen LogP contribution in [0.5, 0.6) is 0 Å². The molecule has 1 aliphatic rings. The van der Waals surface area contributed by atoms with Crippen molar-refractivity contribution in [2.75, 3.05) is 6.61 Å². The van der Waals surface area contributed by atoms with Gasteiger partial charge in [0.05, 0.1) is 24.6 Å². The van der Waals surface area contributed by atoms with E-state index in [4.69, 9.17) is 5.21 Å². The molecule has 2 aromatic rings. The molecule has 0 amide bonds. The van der Waals surface area contributed by atoms with Gasteiger partial charge in [0.25, 0.3) is 0 Å². The van der Waals surface area contributed by atoms with Gasteiger partial charge in [0.2, 0.25) is 0 Å². The number of fused-ring (bicyclic) bond motifs is 1. The maximum absolute atomic E-state index is 9.25. The van der Waals surface area contributed by atoms with Crippen LogP contribution >= 0.6 is 0 Å². The van der Waals surface area contributed by atoms with Crippen LogP contribution in [0.2, 0.25) is 0 Å². The Bertz CT molecular complexity index is 860. The third-order valence-electron chi connectivity index (χ3n) is 4.50. The van der Waals surface area contributed by atoms with Crippen LogP contribution in [0, 0.1) is 0 Å². The minimum atomic E-state index is 0.0515. The van der Waals surface area contributed by atoms with Gasteiger partial charge < -0.3 is 10.3 Å². The van der Waals surface area contributed by atoms with Crippen molar-refractivity contribution in [3.63, 3.8) is 0 Å². The van der Waals surface area contributed by atoms with Gasteiger partial charge in [-0.2, -0.15) is 5.10 Å². The Morgan fingerprint density at radius 3 is 2.63 bits per heavy atom. The maximum atomic E-state index is 9.25. The summed E-state index contributed by atoms with van der Waals surface area (Å²) in [6, 6.07) is 6.22. The number of aromatic nitrogens is 2. The van der Waals surface area contributed by atoms with Crippen LogP contribution in [-0.2, 0) is 13.0 Å². The summed E-state index contributed by atoms with van der Waals surface area (Å²) in [6.07, 6.45) is 9.71. The molecule has 0 saturated heterocycles. The predicted octanol–water partition coefficient (Wildman–Crippen LogP) is 4.67. The number of aliphatic hydroxyl groups excluding tert-OH is 1. The molecule has 0 radical (unpaired) electrons. The Kier molecular flexibility index (Phi) is 7.55. The first-order valence-corrected chi connectivity index (χ1v) is 9.54. The molecule has 144 valence electrons. The van der Waals surface area contributed by atoms with E-state index in [2.05, 4.69) is 16.3 Å². The number of oxime groups is 1. The van der Waals surface area contributed by atoms with Gasteiger partial charge in [0.1, 0.15) is 0 Å². The van der Waals surface area contributed by atoms with E-state index in [9.17, 15) is 5.11 Å². The molecule has 2 N–H and O–H groups in total. The van der Waals surface area contributed by atoms with Gasteiger partial charge in [-0.05, 0) is 43.4 Å². The van der Waals surface area contributed by atoms with E-state index in [0.29, 0.717) is 6.54 Å². The molecule has 0 fully saturated rings. The number of hydrogen-bond donors (Lipinski definition) is 2. The SMILES string of the molecule is C/C=C\C(=C/C)c1nn(CCO)cc1-c1ccc2c(c1)CC/C2=N\O.CC. The van der Waals surface area contributed by atoms with Crippen LogP contribution in [0.25, 0.3) is 16.7 Å². The monoisotopic (exact) mass is 367 g/mol. The Labute approximate surface area is 161 Å². The Hall–Kier alpha value is -2.66. The molecule has 0 saturated carbocycles. The summed E-state index contributed by atoms with van der Waals surface area (Å²) in [7, 11) is 0. The highest BCUT2D eigenvalue weighted by molar-refractivity contribution is 6.04. The molecule has 1 heterocycles. The molecule has 5 nitrogen and oxygen atoms in total. The fourth-order valence-electron chi connectivity index (χ4n) is 3.30. The number of aliphatic hydroxyl groups is 1. The third kappa shape index (κ3) is 4.37. The zero-order valence-electron chi connectivity index (χ0n) is 16.6. The van der Waals surface area contributed by atoms with Crippen molar-refractivity contribution in [2.24, 2.45) is 5.16 Å². The van der Waals surface area contributed by atoms with Crippen molar-refractivity contribution < 1.29 is 10.3 Å². The highest BCUT2D eigenvalue weighted by Crippen LogP contribution is 2.33. The van der Waals surface area contributed by atoms with E-state index in [1.165, 1.54) is 5.56 Å². The molecule has 0 spiro atoms. The number of nitrogens with zero attached hydrogens (tertiary/aromatic N) is 3. The molecular formula is C22H29N3O2. The Balaban J connectivity index is 0.00000126. The fraction of sp³-hybridized carbons (Fsp3) is 0.364. The van der Waals surface area contributed by atoms with Crippen LogP contribution in [-0.4, -0.2) is 32.4 Å². The summed E-state index contributed by atoms with van der Waals surface area (Å²) < 4.78 is 1.78. The lowest BCUT2D eigenvalue weighted by atomic mass is 9.98. The van der Waals surface area contributed by atoms with E-state index >= 15 is 0 Å². The average molecular weight is 367 g/mol. The molecule has 1 aromatic heterocycles. The first kappa shape index (κ1) is 20.6. The fourth-order valence-corrected chi connectivity index (χ4v) is 3.30. The van der Waals surface area contributed by atoms with Gasteiger partial charge in [0.15, 0.2) is 0 Å². The van der Waals surface area contributed by atoms with E-state index in [-0.39, 0.29) is 6.61 Å². The van der Waals surface area contributed by atoms with Gasteiger partial charge in [-0.25, -0.2) is 0 Å². The number of rotatable bonds is 5. The van der Waals surface area contributed by atoms with Crippen LogP contribution < -0.4 is 0 Å². The van der Waals surface area contributed by atoms with Crippen molar-refractivity contribution in [1.82, 2.24) is 9.78 Å². The molecular weight excluding hydrogens is 338 g/mol. The van der Waals surface area contributed by atoms with Crippen molar-refractivity contribution in [3.05, 3.63) is 59.4 Å². The topological polar surface area (TPSA) is 70.6 Å². The highest BCUT2D eigenvalue weighted by Gasteiger charge is 2.20. The van der Waals surface area contributed by atoms with Crippen molar-refractivity contribution in [2.45, 2.75) is 47.1 Å². The lowest BCUT2D eigenvalue weighted by Crippen LogP contribution is -2.02. The molecule has 27 heavy (non-hydrogen) atoms. The second-order valence-corrected chi connectivity index (χ2v) is 6.04. The number of aryl methyl sites for hydroxylation is 1. The normalized spacial score (nSPS) is 15.1. The molecule has 0 bridgehead atoms. The largest absolute Gasteiger partial charge is 0.411 e. The van der Waals surface area contributed by atoms with E-state index < -0.39 is 0 Å². The molecule has 0 unspecified atom stereocenters. The first-order chi connectivity index (χ1) is 13.2. The molecule has 3 rings (SSSR count). The Morgan fingerprint density at radius 2 is 2.00 bits per heavy atom. The number of hydrogen-bond acceptors (Lipinski definition) is 4. The minimum Gasteiger partial charge on any atom is -0.411 e. The lowest BCUT2D eigenvalue weighted by Gasteiger charge is -2.06. The van der Waals surface area contributed by atoms with Crippen LogP contribution in [0.3, 0.4) is 0 Å². The van der Waals surface area contributed by atoms with Gasteiger partial charge in [-0.15, -0.1) is 0 Å². The van der Waals surface area contributed by atoms with E-state index in [1.54, 1.807) is 4.68 Å². The van der Waals surface area contributed by atoms with E-state index in [0.717, 1.165) is 46.5 Å². The molecule has 1 aliphatic carbocycles. The van der Waals surface area contributed by atoms with Crippen LogP contribution in [0.15, 0.2) is 47.8 Å². The summed E-state index contributed by atoms with van der Waals surface area (Å²) in [5.41, 5.74) is 7.04. The van der Waals surface area contributed by atoms with Gasteiger partial charge >= 0.3 is 0 Å². The quantitative estimate of drug-likeness (QED) is 0.458. The highest BCUT2D eigenvalue weighted by atomic mass is 16.4. The summed E-state index contributed by atoms with van der Waals surface area (Å²) in [5.74, 6) is 0. The molecule has 0 atom stereocenters. The zero-order chi connectivity index (χ0) is 19.8. The second-order valence-electron chi connectivity index (χ2n) is 6.04. The zero-order valence-corrected chi connectivity index (χ0v) is 16.6. The first-order valence-electron chi connectivity index (χ1n) is 9.54. The maximum Gasteiger partial charge on any atom is 0.0998 e. The lowest BCUT2D eigenvalue weighted by molar-refractivity contribution is 0.269. The summed E-state index contributed by atoms with van der Waals surface area (Å²) in [6.45, 7) is 8.50. The van der Waals surface area contributed by atoms with Gasteiger partial charge in [-0.3, -0.25) is 4.68 Å². The smallest absolute Gasteiger partial charge is 0.0998 e. The van der Waals surface area contributed by atoms with E-state index in [1.807, 2.05) is 64.3 Å². The molecule has 1 aromatic carbocycles. The summed E-state index contributed by atoms with van der Waals surface area (Å²) >= 11 is 0. The third-order valence-corrected chi connectivity index (χ3v) is 4.50. The average Bonchev–Trinajstić information content (AvgIpc) is 3.31. The van der Waals surface area contributed by atoms with Gasteiger partial charge in [0, 0.05) is 17.3 Å². The van der Waals surface area contributed by atoms with Crippen molar-refractivity contribution in [3.8, 4) is 11.1 Å². The van der Waals surface area contributed by atoms with Crippen molar-refractivity contribution >= 4 is 11.3 Å².